The Bertz CT molecular complexity index is 851. The quantitative estimate of drug-likeness (QED) is 0.655. The standard InChI is InChI=1S/C21H20ClN3O/c22-18-8-6-16(7-9-18)10-12-24-21(26)20-14-19(11-13-23-20)25-15-17-4-2-1-3-5-17/h1-9,11,13-14H,10,12,15H2,(H,23,25)(H,24,26). The number of halogens is 1. The molecule has 0 fully saturated rings. The molecule has 0 aliphatic rings. The average molecular weight is 366 g/mol. The lowest BCUT2D eigenvalue weighted by molar-refractivity contribution is 0.0949. The van der Waals surface area contributed by atoms with Crippen molar-refractivity contribution < 1.29 is 4.79 Å². The molecule has 0 spiro atoms. The molecule has 3 aromatic rings. The minimum absolute atomic E-state index is 0.178. The first-order valence-electron chi connectivity index (χ1n) is 8.47. The molecule has 1 amide bonds. The fourth-order valence-corrected chi connectivity index (χ4v) is 2.65. The van der Waals surface area contributed by atoms with Gasteiger partial charge in [-0.3, -0.25) is 9.78 Å². The fourth-order valence-electron chi connectivity index (χ4n) is 2.53. The molecule has 4 nitrogen and oxygen atoms in total. The highest BCUT2D eigenvalue weighted by molar-refractivity contribution is 6.30. The number of amides is 1. The van der Waals surface area contributed by atoms with Crippen molar-refractivity contribution in [1.29, 1.82) is 0 Å². The number of nitrogens with one attached hydrogen (secondary N) is 2. The predicted octanol–water partition coefficient (Wildman–Crippen LogP) is 4.32. The van der Waals surface area contributed by atoms with E-state index in [1.807, 2.05) is 48.5 Å². The Morgan fingerprint density at radius 2 is 1.73 bits per heavy atom. The largest absolute Gasteiger partial charge is 0.381 e. The minimum Gasteiger partial charge on any atom is -0.381 e. The number of pyridine rings is 1. The predicted molar refractivity (Wildman–Crippen MR) is 105 cm³/mol. The zero-order chi connectivity index (χ0) is 18.2. The number of carbonyl (C=O) groups is 1. The molecule has 0 saturated heterocycles. The van der Waals surface area contributed by atoms with E-state index in [2.05, 4.69) is 27.8 Å². The molecule has 0 unspecified atom stereocenters. The molecule has 0 radical (unpaired) electrons. The molecule has 2 N–H and O–H groups in total. The Morgan fingerprint density at radius 1 is 0.962 bits per heavy atom. The summed E-state index contributed by atoms with van der Waals surface area (Å²) in [5.41, 5.74) is 3.57. The Hall–Kier alpha value is -2.85. The van der Waals surface area contributed by atoms with Crippen LogP contribution in [-0.2, 0) is 13.0 Å². The van der Waals surface area contributed by atoms with Gasteiger partial charge in [-0.15, -0.1) is 0 Å². The molecule has 5 heteroatoms. The highest BCUT2D eigenvalue weighted by Crippen LogP contribution is 2.11. The monoisotopic (exact) mass is 365 g/mol. The van der Waals surface area contributed by atoms with Gasteiger partial charge in [0.2, 0.25) is 0 Å². The van der Waals surface area contributed by atoms with E-state index in [1.54, 1.807) is 12.3 Å². The maximum Gasteiger partial charge on any atom is 0.269 e. The van der Waals surface area contributed by atoms with E-state index in [9.17, 15) is 4.79 Å². The summed E-state index contributed by atoms with van der Waals surface area (Å²) in [6.07, 6.45) is 2.39. The number of carbonyl (C=O) groups excluding carboxylic acids is 1. The molecular weight excluding hydrogens is 346 g/mol. The van der Waals surface area contributed by atoms with Gasteiger partial charge in [0.25, 0.3) is 5.91 Å². The van der Waals surface area contributed by atoms with Crippen LogP contribution in [0.25, 0.3) is 0 Å². The molecule has 132 valence electrons. The minimum atomic E-state index is -0.178. The van der Waals surface area contributed by atoms with Crippen LogP contribution in [0.3, 0.4) is 0 Å². The van der Waals surface area contributed by atoms with Gasteiger partial charge in [-0.05, 0) is 41.8 Å². The zero-order valence-corrected chi connectivity index (χ0v) is 15.0. The average Bonchev–Trinajstić information content (AvgIpc) is 2.69. The molecule has 0 saturated carbocycles. The van der Waals surface area contributed by atoms with Crippen molar-refractivity contribution in [2.24, 2.45) is 0 Å². The summed E-state index contributed by atoms with van der Waals surface area (Å²) in [4.78, 5) is 16.5. The number of anilines is 1. The van der Waals surface area contributed by atoms with E-state index in [1.165, 1.54) is 5.56 Å². The fraction of sp³-hybridized carbons (Fsp3) is 0.143. The van der Waals surface area contributed by atoms with Crippen LogP contribution in [0, 0.1) is 0 Å². The summed E-state index contributed by atoms with van der Waals surface area (Å²) in [6, 6.07) is 21.3. The Kier molecular flexibility index (Phi) is 6.23. The van der Waals surface area contributed by atoms with Crippen LogP contribution in [0.15, 0.2) is 72.9 Å². The Labute approximate surface area is 158 Å². The van der Waals surface area contributed by atoms with E-state index in [0.29, 0.717) is 23.8 Å². The molecule has 3 rings (SSSR count). The molecule has 0 bridgehead atoms. The molecule has 1 heterocycles. The van der Waals surface area contributed by atoms with E-state index in [0.717, 1.165) is 17.7 Å². The normalized spacial score (nSPS) is 10.3. The third kappa shape index (κ3) is 5.33. The van der Waals surface area contributed by atoms with E-state index < -0.39 is 0 Å². The SMILES string of the molecule is O=C(NCCc1ccc(Cl)cc1)c1cc(NCc2ccccc2)ccn1. The summed E-state index contributed by atoms with van der Waals surface area (Å²) >= 11 is 5.87. The van der Waals surface area contributed by atoms with Gasteiger partial charge in [-0.25, -0.2) is 0 Å². The van der Waals surface area contributed by atoms with Gasteiger partial charge in [0.15, 0.2) is 0 Å². The third-order valence-electron chi connectivity index (χ3n) is 3.94. The molecule has 2 aromatic carbocycles. The van der Waals surface area contributed by atoms with Crippen molar-refractivity contribution in [2.45, 2.75) is 13.0 Å². The highest BCUT2D eigenvalue weighted by Gasteiger charge is 2.07. The van der Waals surface area contributed by atoms with Crippen molar-refractivity contribution in [3.05, 3.63) is 94.8 Å². The van der Waals surface area contributed by atoms with E-state index in [-0.39, 0.29) is 5.91 Å². The smallest absolute Gasteiger partial charge is 0.269 e. The van der Waals surface area contributed by atoms with Crippen LogP contribution in [0.5, 0.6) is 0 Å². The number of rotatable bonds is 7. The van der Waals surface area contributed by atoms with Crippen LogP contribution in [0.4, 0.5) is 5.69 Å². The second kappa shape index (κ2) is 9.02. The number of nitrogens with zero attached hydrogens (tertiary/aromatic N) is 1. The van der Waals surface area contributed by atoms with Crippen LogP contribution in [0.2, 0.25) is 5.02 Å². The van der Waals surface area contributed by atoms with Crippen molar-refractivity contribution in [3.8, 4) is 0 Å². The van der Waals surface area contributed by atoms with Crippen molar-refractivity contribution in [3.63, 3.8) is 0 Å². The molecule has 0 aliphatic carbocycles. The van der Waals surface area contributed by atoms with Gasteiger partial charge >= 0.3 is 0 Å². The summed E-state index contributed by atoms with van der Waals surface area (Å²) in [5.74, 6) is -0.178. The van der Waals surface area contributed by atoms with Crippen LogP contribution in [-0.4, -0.2) is 17.4 Å². The number of aromatic nitrogens is 1. The maximum absolute atomic E-state index is 12.3. The first kappa shape index (κ1) is 18.0. The van der Waals surface area contributed by atoms with Gasteiger partial charge in [0, 0.05) is 30.0 Å². The van der Waals surface area contributed by atoms with E-state index >= 15 is 0 Å². The van der Waals surface area contributed by atoms with E-state index in [4.69, 9.17) is 11.6 Å². The van der Waals surface area contributed by atoms with Gasteiger partial charge in [-0.1, -0.05) is 54.1 Å². The van der Waals surface area contributed by atoms with Gasteiger partial charge in [0.1, 0.15) is 5.69 Å². The maximum atomic E-state index is 12.3. The summed E-state index contributed by atoms with van der Waals surface area (Å²) in [7, 11) is 0. The number of hydrogen-bond acceptors (Lipinski definition) is 3. The number of hydrogen-bond donors (Lipinski definition) is 2. The summed E-state index contributed by atoms with van der Waals surface area (Å²) in [5, 5.41) is 6.92. The molecule has 26 heavy (non-hydrogen) atoms. The summed E-state index contributed by atoms with van der Waals surface area (Å²) in [6.45, 7) is 1.24. The van der Waals surface area contributed by atoms with Crippen LogP contribution < -0.4 is 10.6 Å². The van der Waals surface area contributed by atoms with Crippen LogP contribution in [0.1, 0.15) is 21.6 Å². The molecule has 0 atom stereocenters. The second-order valence-corrected chi connectivity index (χ2v) is 6.34. The van der Waals surface area contributed by atoms with Crippen molar-refractivity contribution >= 4 is 23.2 Å². The highest BCUT2D eigenvalue weighted by atomic mass is 35.5. The first-order chi connectivity index (χ1) is 12.7. The van der Waals surface area contributed by atoms with Crippen molar-refractivity contribution in [2.75, 3.05) is 11.9 Å². The van der Waals surface area contributed by atoms with Gasteiger partial charge in [0.05, 0.1) is 0 Å². The van der Waals surface area contributed by atoms with Crippen molar-refractivity contribution in [1.82, 2.24) is 10.3 Å². The number of benzene rings is 2. The lowest BCUT2D eigenvalue weighted by Crippen LogP contribution is -2.26. The molecule has 0 aliphatic heterocycles. The first-order valence-corrected chi connectivity index (χ1v) is 8.85. The zero-order valence-electron chi connectivity index (χ0n) is 14.3. The Morgan fingerprint density at radius 3 is 2.50 bits per heavy atom. The Balaban J connectivity index is 1.51. The second-order valence-electron chi connectivity index (χ2n) is 5.90. The third-order valence-corrected chi connectivity index (χ3v) is 4.20. The summed E-state index contributed by atoms with van der Waals surface area (Å²) < 4.78 is 0. The molecule has 1 aromatic heterocycles. The lowest BCUT2D eigenvalue weighted by Gasteiger charge is -2.09. The molecular formula is C21H20ClN3O. The van der Waals surface area contributed by atoms with Crippen LogP contribution >= 0.6 is 11.6 Å². The van der Waals surface area contributed by atoms with Gasteiger partial charge in [-0.2, -0.15) is 0 Å². The topological polar surface area (TPSA) is 54.0 Å². The lowest BCUT2D eigenvalue weighted by atomic mass is 10.1. The van der Waals surface area contributed by atoms with Gasteiger partial charge < -0.3 is 10.6 Å².